The van der Waals surface area contributed by atoms with Crippen molar-refractivity contribution in [1.29, 1.82) is 0 Å². The van der Waals surface area contributed by atoms with Gasteiger partial charge in [-0.1, -0.05) is 69.2 Å². The summed E-state index contributed by atoms with van der Waals surface area (Å²) in [6.07, 6.45) is 3.98. The van der Waals surface area contributed by atoms with Crippen LogP contribution in [0.4, 0.5) is 0 Å². The number of nitrogens with one attached hydrogen (secondary N) is 2. The Labute approximate surface area is 258 Å². The van der Waals surface area contributed by atoms with Crippen LogP contribution in [0.5, 0.6) is 0 Å². The molecular formula is C34H43N3O7. The Bertz CT molecular complexity index is 1330. The van der Waals surface area contributed by atoms with Crippen molar-refractivity contribution in [1.82, 2.24) is 15.5 Å². The molecule has 0 spiro atoms. The molecule has 10 heteroatoms. The van der Waals surface area contributed by atoms with Gasteiger partial charge in [0.15, 0.2) is 0 Å². The summed E-state index contributed by atoms with van der Waals surface area (Å²) < 4.78 is 4.72. The van der Waals surface area contributed by atoms with Crippen molar-refractivity contribution in [2.24, 2.45) is 5.92 Å². The molecule has 2 aliphatic rings. The smallest absolute Gasteiger partial charge is 0.305 e. The van der Waals surface area contributed by atoms with E-state index in [9.17, 15) is 29.1 Å². The van der Waals surface area contributed by atoms with Gasteiger partial charge in [0.25, 0.3) is 11.8 Å². The van der Waals surface area contributed by atoms with Crippen LogP contribution in [0, 0.1) is 5.92 Å². The number of hydrogen-bond acceptors (Lipinski definition) is 7. The molecule has 2 aromatic carbocycles. The number of esters is 1. The molecule has 1 aliphatic heterocycles. The Hall–Kier alpha value is -4.05. The zero-order valence-electron chi connectivity index (χ0n) is 25.7. The highest BCUT2D eigenvalue weighted by atomic mass is 16.5. The first-order valence-electron chi connectivity index (χ1n) is 15.4. The van der Waals surface area contributed by atoms with Gasteiger partial charge < -0.3 is 20.5 Å². The van der Waals surface area contributed by atoms with E-state index >= 15 is 0 Å². The Kier molecular flexibility index (Phi) is 10.9. The number of ether oxygens (including phenoxy) is 1. The molecule has 4 rings (SSSR count). The summed E-state index contributed by atoms with van der Waals surface area (Å²) in [7, 11) is 1.32. The van der Waals surface area contributed by atoms with Gasteiger partial charge in [-0.25, -0.2) is 0 Å². The fourth-order valence-corrected chi connectivity index (χ4v) is 6.24. The third-order valence-electron chi connectivity index (χ3n) is 8.59. The molecule has 1 heterocycles. The van der Waals surface area contributed by atoms with Crippen molar-refractivity contribution in [2.45, 2.75) is 95.4 Å². The second-order valence-corrected chi connectivity index (χ2v) is 12.3. The van der Waals surface area contributed by atoms with Crippen molar-refractivity contribution in [2.75, 3.05) is 7.11 Å². The number of carbonyl (C=O) groups is 5. The van der Waals surface area contributed by atoms with Crippen LogP contribution in [0.3, 0.4) is 0 Å². The van der Waals surface area contributed by atoms with Gasteiger partial charge >= 0.3 is 5.97 Å². The molecule has 236 valence electrons. The van der Waals surface area contributed by atoms with E-state index in [0.717, 1.165) is 23.3 Å². The number of fused-ring (bicyclic) bond motifs is 1. The van der Waals surface area contributed by atoms with Gasteiger partial charge in [0.05, 0.1) is 29.9 Å². The molecule has 0 aromatic heterocycles. The van der Waals surface area contributed by atoms with Crippen molar-refractivity contribution in [3.63, 3.8) is 0 Å². The molecule has 0 saturated heterocycles. The maximum atomic E-state index is 14.0. The molecule has 4 atom stereocenters. The number of nitrogens with zero attached hydrogens (tertiary/aromatic N) is 1. The lowest BCUT2D eigenvalue weighted by Crippen LogP contribution is -2.60. The van der Waals surface area contributed by atoms with Crippen LogP contribution in [-0.2, 0) is 25.5 Å². The van der Waals surface area contributed by atoms with Crippen LogP contribution in [0.15, 0.2) is 54.6 Å². The van der Waals surface area contributed by atoms with Gasteiger partial charge in [0.2, 0.25) is 11.8 Å². The number of hydrogen-bond donors (Lipinski definition) is 3. The van der Waals surface area contributed by atoms with Gasteiger partial charge in [-0.3, -0.25) is 28.9 Å². The Balaban J connectivity index is 1.54. The Morgan fingerprint density at radius 1 is 0.977 bits per heavy atom. The Morgan fingerprint density at radius 3 is 2.23 bits per heavy atom. The summed E-state index contributed by atoms with van der Waals surface area (Å²) in [6, 6.07) is 12.9. The molecule has 0 radical (unpaired) electrons. The van der Waals surface area contributed by atoms with Crippen LogP contribution in [0.25, 0.3) is 0 Å². The van der Waals surface area contributed by atoms with E-state index in [1.54, 1.807) is 24.3 Å². The van der Waals surface area contributed by atoms with Crippen LogP contribution in [0.2, 0.25) is 0 Å². The SMILES string of the molecule is COC(=O)CCCC1(O)CCCCC1NC(=O)C(CC(C)C)NC(=O)C(Cc1ccccc1)N1C(=O)c2ccccc2C1=O. The van der Waals surface area contributed by atoms with Gasteiger partial charge in [0, 0.05) is 12.8 Å². The number of rotatable bonds is 13. The number of imide groups is 1. The number of benzene rings is 2. The molecule has 2 aromatic rings. The maximum Gasteiger partial charge on any atom is 0.305 e. The molecule has 0 bridgehead atoms. The second kappa shape index (κ2) is 14.6. The lowest BCUT2D eigenvalue weighted by atomic mass is 9.77. The van der Waals surface area contributed by atoms with E-state index in [4.69, 9.17) is 4.74 Å². The number of carbonyl (C=O) groups excluding carboxylic acids is 5. The van der Waals surface area contributed by atoms with Gasteiger partial charge in [-0.15, -0.1) is 0 Å². The summed E-state index contributed by atoms with van der Waals surface area (Å²) in [5.74, 6) is -2.47. The average Bonchev–Trinajstić information content (AvgIpc) is 3.26. The highest BCUT2D eigenvalue weighted by Gasteiger charge is 2.44. The fourth-order valence-electron chi connectivity index (χ4n) is 6.24. The van der Waals surface area contributed by atoms with Crippen molar-refractivity contribution in [3.8, 4) is 0 Å². The fraction of sp³-hybridized carbons (Fsp3) is 0.500. The first-order chi connectivity index (χ1) is 21.0. The lowest BCUT2D eigenvalue weighted by molar-refractivity contribution is -0.141. The van der Waals surface area contributed by atoms with E-state index in [1.165, 1.54) is 7.11 Å². The predicted molar refractivity (Wildman–Crippen MR) is 163 cm³/mol. The highest BCUT2D eigenvalue weighted by Crippen LogP contribution is 2.33. The summed E-state index contributed by atoms with van der Waals surface area (Å²) >= 11 is 0. The summed E-state index contributed by atoms with van der Waals surface area (Å²) in [5, 5.41) is 17.4. The average molecular weight is 606 g/mol. The quantitative estimate of drug-likeness (QED) is 0.234. The molecule has 1 saturated carbocycles. The molecule has 1 aliphatic carbocycles. The maximum absolute atomic E-state index is 14.0. The number of amides is 4. The van der Waals surface area contributed by atoms with E-state index in [0.29, 0.717) is 32.1 Å². The minimum atomic E-state index is -1.19. The number of aliphatic hydroxyl groups is 1. The van der Waals surface area contributed by atoms with Crippen LogP contribution in [0.1, 0.15) is 91.5 Å². The van der Waals surface area contributed by atoms with Crippen molar-refractivity contribution >= 4 is 29.6 Å². The van der Waals surface area contributed by atoms with E-state index in [2.05, 4.69) is 10.6 Å². The minimum absolute atomic E-state index is 0.0308. The zero-order valence-corrected chi connectivity index (χ0v) is 25.7. The number of methoxy groups -OCH3 is 1. The van der Waals surface area contributed by atoms with Gasteiger partial charge in [-0.05, 0) is 55.7 Å². The molecule has 10 nitrogen and oxygen atoms in total. The third-order valence-corrected chi connectivity index (χ3v) is 8.59. The lowest BCUT2D eigenvalue weighted by Gasteiger charge is -2.41. The van der Waals surface area contributed by atoms with Crippen LogP contribution >= 0.6 is 0 Å². The van der Waals surface area contributed by atoms with E-state index in [1.807, 2.05) is 44.2 Å². The standard InChI is InChI=1S/C34H43N3O7/c1-22(2)20-26(30(39)36-28-16-9-10-18-34(28,43)19-11-17-29(38)44-3)35-31(40)27(21-23-12-5-4-6-13-23)37-32(41)24-14-7-8-15-25(24)33(37)42/h4-8,12-15,22,26-28,43H,9-11,16-21H2,1-3H3,(H,35,40)(H,36,39). The molecular weight excluding hydrogens is 562 g/mol. The summed E-state index contributed by atoms with van der Waals surface area (Å²) in [5.41, 5.74) is 0.0465. The molecule has 1 fully saturated rings. The first-order valence-corrected chi connectivity index (χ1v) is 15.4. The monoisotopic (exact) mass is 605 g/mol. The second-order valence-electron chi connectivity index (χ2n) is 12.3. The first kappa shape index (κ1) is 32.9. The zero-order chi connectivity index (χ0) is 31.9. The summed E-state index contributed by atoms with van der Waals surface area (Å²) in [6.45, 7) is 3.86. The predicted octanol–water partition coefficient (Wildman–Crippen LogP) is 3.56. The highest BCUT2D eigenvalue weighted by molar-refractivity contribution is 6.23. The van der Waals surface area contributed by atoms with Crippen LogP contribution < -0.4 is 10.6 Å². The minimum Gasteiger partial charge on any atom is -0.469 e. The van der Waals surface area contributed by atoms with Gasteiger partial charge in [0.1, 0.15) is 12.1 Å². The van der Waals surface area contributed by atoms with E-state index < -0.39 is 47.4 Å². The van der Waals surface area contributed by atoms with Crippen LogP contribution in [-0.4, -0.2) is 70.4 Å². The normalized spacial score (nSPS) is 21.0. The van der Waals surface area contributed by atoms with E-state index in [-0.39, 0.29) is 35.9 Å². The molecule has 4 amide bonds. The molecule has 3 N–H and O–H groups in total. The summed E-state index contributed by atoms with van der Waals surface area (Å²) in [4.78, 5) is 67.2. The third kappa shape index (κ3) is 7.72. The topological polar surface area (TPSA) is 142 Å². The Morgan fingerprint density at radius 2 is 1.61 bits per heavy atom. The largest absolute Gasteiger partial charge is 0.469 e. The molecule has 44 heavy (non-hydrogen) atoms. The van der Waals surface area contributed by atoms with Crippen molar-refractivity contribution < 1.29 is 33.8 Å². The molecule has 4 unspecified atom stereocenters. The van der Waals surface area contributed by atoms with Gasteiger partial charge in [-0.2, -0.15) is 0 Å². The van der Waals surface area contributed by atoms with Crippen molar-refractivity contribution in [3.05, 3.63) is 71.3 Å².